The number of rotatable bonds is 5. The third-order valence-electron chi connectivity index (χ3n) is 3.65. The molecule has 132 valence electrons. The molecule has 25 heavy (non-hydrogen) atoms. The third-order valence-corrected chi connectivity index (χ3v) is 3.65. The Morgan fingerprint density at radius 2 is 2.04 bits per heavy atom. The van der Waals surface area contributed by atoms with Gasteiger partial charge in [-0.05, 0) is 13.0 Å². The van der Waals surface area contributed by atoms with Crippen LogP contribution in [0.1, 0.15) is 12.5 Å². The minimum Gasteiger partial charge on any atom is -0.334 e. The van der Waals surface area contributed by atoms with E-state index in [1.54, 1.807) is 0 Å². The van der Waals surface area contributed by atoms with Crippen molar-refractivity contribution < 1.29 is 23.6 Å². The Morgan fingerprint density at radius 1 is 1.36 bits per heavy atom. The summed E-state index contributed by atoms with van der Waals surface area (Å²) in [6, 6.07) is 3.89. The molecule has 1 fully saturated rings. The second-order valence-corrected chi connectivity index (χ2v) is 5.47. The highest BCUT2D eigenvalue weighted by molar-refractivity contribution is 6.10. The van der Waals surface area contributed by atoms with Gasteiger partial charge < -0.3 is 10.6 Å². The highest BCUT2D eigenvalue weighted by atomic mass is 19.1. The molecule has 0 spiro atoms. The molecule has 1 saturated heterocycles. The molecule has 1 aromatic rings. The van der Waals surface area contributed by atoms with Crippen molar-refractivity contribution in [3.05, 3.63) is 48.3 Å². The Morgan fingerprint density at radius 3 is 2.68 bits per heavy atom. The number of hydrogen-bond donors (Lipinski definition) is 3. The number of urea groups is 2. The minimum absolute atomic E-state index is 0.0139. The van der Waals surface area contributed by atoms with E-state index in [0.29, 0.717) is 4.90 Å². The first-order chi connectivity index (χ1) is 11.8. The van der Waals surface area contributed by atoms with Crippen molar-refractivity contribution in [1.82, 2.24) is 20.9 Å². The lowest BCUT2D eigenvalue weighted by molar-refractivity contribution is -0.134. The predicted octanol–water partition coefficient (Wildman–Crippen LogP) is 0.605. The van der Waals surface area contributed by atoms with Crippen molar-refractivity contribution in [2.75, 3.05) is 13.1 Å². The quantitative estimate of drug-likeness (QED) is 0.535. The molecule has 1 aliphatic heterocycles. The second-order valence-electron chi connectivity index (χ2n) is 5.47. The van der Waals surface area contributed by atoms with E-state index in [4.69, 9.17) is 0 Å². The Hall–Kier alpha value is -3.23. The van der Waals surface area contributed by atoms with Crippen LogP contribution in [-0.4, -0.2) is 41.9 Å². The zero-order chi connectivity index (χ0) is 18.6. The summed E-state index contributed by atoms with van der Waals surface area (Å²) in [5.74, 6) is -2.30. The van der Waals surface area contributed by atoms with E-state index in [0.717, 1.165) is 0 Å². The number of imide groups is 2. The van der Waals surface area contributed by atoms with Crippen LogP contribution in [0, 0.1) is 5.82 Å². The molecule has 6 amide bonds. The molecule has 8 nitrogen and oxygen atoms in total. The summed E-state index contributed by atoms with van der Waals surface area (Å²) in [4.78, 5) is 48.5. The monoisotopic (exact) mass is 348 g/mol. The smallest absolute Gasteiger partial charge is 0.325 e. The van der Waals surface area contributed by atoms with Gasteiger partial charge in [0.15, 0.2) is 0 Å². The van der Waals surface area contributed by atoms with Gasteiger partial charge in [0, 0.05) is 12.1 Å². The fourth-order valence-electron chi connectivity index (χ4n) is 2.41. The lowest BCUT2D eigenvalue weighted by Crippen LogP contribution is -2.47. The van der Waals surface area contributed by atoms with Gasteiger partial charge in [-0.15, -0.1) is 6.58 Å². The van der Waals surface area contributed by atoms with Crippen LogP contribution < -0.4 is 16.0 Å². The van der Waals surface area contributed by atoms with Crippen molar-refractivity contribution in [3.8, 4) is 0 Å². The maximum absolute atomic E-state index is 14.0. The summed E-state index contributed by atoms with van der Waals surface area (Å²) in [6.45, 7) is 4.23. The molecule has 0 radical (unpaired) electrons. The average molecular weight is 348 g/mol. The minimum atomic E-state index is -1.63. The lowest BCUT2D eigenvalue weighted by atomic mass is 9.91. The van der Waals surface area contributed by atoms with Gasteiger partial charge >= 0.3 is 12.1 Å². The summed E-state index contributed by atoms with van der Waals surface area (Å²) < 4.78 is 14.0. The van der Waals surface area contributed by atoms with Gasteiger partial charge in [0.1, 0.15) is 17.9 Å². The van der Waals surface area contributed by atoms with Crippen molar-refractivity contribution in [1.29, 1.82) is 0 Å². The first kappa shape index (κ1) is 18.1. The predicted molar refractivity (Wildman–Crippen MR) is 85.7 cm³/mol. The highest BCUT2D eigenvalue weighted by Crippen LogP contribution is 2.30. The number of carbonyl (C=O) groups excluding carboxylic acids is 4. The molecule has 3 N–H and O–H groups in total. The van der Waals surface area contributed by atoms with Crippen LogP contribution in [0.2, 0.25) is 0 Å². The maximum Gasteiger partial charge on any atom is 0.325 e. The molecule has 0 saturated carbocycles. The molecule has 0 aliphatic carbocycles. The number of hydrogen-bond acceptors (Lipinski definition) is 4. The fraction of sp³-hybridized carbons (Fsp3) is 0.250. The van der Waals surface area contributed by atoms with Gasteiger partial charge in [0.2, 0.25) is 5.91 Å². The Balaban J connectivity index is 2.11. The van der Waals surface area contributed by atoms with Gasteiger partial charge in [-0.2, -0.15) is 0 Å². The van der Waals surface area contributed by atoms with E-state index in [2.05, 4.69) is 17.2 Å². The Bertz CT molecular complexity index is 751. The lowest BCUT2D eigenvalue weighted by Gasteiger charge is -2.22. The molecule has 0 aromatic heterocycles. The van der Waals surface area contributed by atoms with Crippen LogP contribution in [-0.2, 0) is 15.1 Å². The summed E-state index contributed by atoms with van der Waals surface area (Å²) in [6.07, 6.45) is 1.42. The Labute approximate surface area is 143 Å². The zero-order valence-corrected chi connectivity index (χ0v) is 13.5. The van der Waals surface area contributed by atoms with Crippen molar-refractivity contribution >= 4 is 23.9 Å². The molecule has 2 rings (SSSR count). The van der Waals surface area contributed by atoms with E-state index in [1.807, 2.05) is 5.32 Å². The van der Waals surface area contributed by atoms with Crippen LogP contribution in [0.5, 0.6) is 0 Å². The number of nitrogens with one attached hydrogen (secondary N) is 3. The molecule has 0 unspecified atom stereocenters. The maximum atomic E-state index is 14.0. The van der Waals surface area contributed by atoms with Gasteiger partial charge in [-0.25, -0.2) is 14.0 Å². The first-order valence-corrected chi connectivity index (χ1v) is 7.37. The molecule has 1 aromatic carbocycles. The van der Waals surface area contributed by atoms with E-state index in [-0.39, 0.29) is 12.1 Å². The Kier molecular flexibility index (Phi) is 5.16. The molecular formula is C16H17FN4O4. The number of halogens is 1. The fourth-order valence-corrected chi connectivity index (χ4v) is 2.41. The molecule has 9 heteroatoms. The largest absolute Gasteiger partial charge is 0.334 e. The number of carbonyl (C=O) groups is 4. The van der Waals surface area contributed by atoms with E-state index in [9.17, 15) is 23.6 Å². The molecule has 0 bridgehead atoms. The van der Waals surface area contributed by atoms with Gasteiger partial charge in [-0.1, -0.05) is 24.3 Å². The topological polar surface area (TPSA) is 108 Å². The second kappa shape index (κ2) is 7.12. The molecule has 1 atom stereocenters. The molecule has 1 aliphatic rings. The molecule has 1 heterocycles. The van der Waals surface area contributed by atoms with Crippen molar-refractivity contribution in [2.45, 2.75) is 12.5 Å². The van der Waals surface area contributed by atoms with Gasteiger partial charge in [0.05, 0.1) is 0 Å². The van der Waals surface area contributed by atoms with Crippen molar-refractivity contribution in [2.24, 2.45) is 0 Å². The first-order valence-electron chi connectivity index (χ1n) is 7.37. The SMILES string of the molecule is C=CCNC(=O)NC(=O)CN1C(=O)N[C@@](C)(c2ccccc2F)C1=O. The summed E-state index contributed by atoms with van der Waals surface area (Å²) >= 11 is 0. The van der Waals surface area contributed by atoms with Crippen LogP contribution in [0.4, 0.5) is 14.0 Å². The number of amides is 6. The van der Waals surface area contributed by atoms with E-state index in [1.165, 1.54) is 37.3 Å². The van der Waals surface area contributed by atoms with Crippen LogP contribution >= 0.6 is 0 Å². The van der Waals surface area contributed by atoms with E-state index < -0.39 is 41.8 Å². The van der Waals surface area contributed by atoms with Crippen LogP contribution in [0.15, 0.2) is 36.9 Å². The van der Waals surface area contributed by atoms with Crippen LogP contribution in [0.3, 0.4) is 0 Å². The normalized spacial score (nSPS) is 19.4. The summed E-state index contributed by atoms with van der Waals surface area (Å²) in [5, 5.41) is 6.68. The molecular weight excluding hydrogens is 331 g/mol. The zero-order valence-electron chi connectivity index (χ0n) is 13.5. The van der Waals surface area contributed by atoms with Gasteiger partial charge in [0.25, 0.3) is 5.91 Å². The van der Waals surface area contributed by atoms with Gasteiger partial charge in [-0.3, -0.25) is 19.8 Å². The third kappa shape index (κ3) is 3.65. The number of benzene rings is 1. The van der Waals surface area contributed by atoms with E-state index >= 15 is 0 Å². The van der Waals surface area contributed by atoms with Crippen molar-refractivity contribution in [3.63, 3.8) is 0 Å². The summed E-state index contributed by atoms with van der Waals surface area (Å²) in [5.41, 5.74) is -1.65. The van der Waals surface area contributed by atoms with Crippen LogP contribution in [0.25, 0.3) is 0 Å². The average Bonchev–Trinajstić information content (AvgIpc) is 2.77. The standard InChI is InChI=1S/C16H17FN4O4/c1-3-8-18-14(24)19-12(22)9-21-13(23)16(2,20-15(21)25)10-6-4-5-7-11(10)17/h3-7H,1,8-9H2,2H3,(H,20,25)(H2,18,19,22,24)/t16-/m0/s1. The highest BCUT2D eigenvalue weighted by Gasteiger charge is 2.50. The summed E-state index contributed by atoms with van der Waals surface area (Å²) in [7, 11) is 0. The number of nitrogens with zero attached hydrogens (tertiary/aromatic N) is 1.